The number of carbonyl (C=O) groups is 1. The highest BCUT2D eigenvalue weighted by molar-refractivity contribution is 6.05. The Hall–Kier alpha value is -3.41. The molecule has 27 heavy (non-hydrogen) atoms. The Morgan fingerprint density at radius 3 is 2.78 bits per heavy atom. The third-order valence-corrected chi connectivity index (χ3v) is 4.49. The van der Waals surface area contributed by atoms with Crippen LogP contribution in [0, 0.1) is 12.3 Å². The molecule has 1 heterocycles. The number of fused-ring (bicyclic) bond motifs is 1. The van der Waals surface area contributed by atoms with E-state index in [0.717, 1.165) is 46.3 Å². The lowest BCUT2D eigenvalue weighted by atomic mass is 10.0. The maximum absolute atomic E-state index is 10.6. The highest BCUT2D eigenvalue weighted by atomic mass is 16.5. The van der Waals surface area contributed by atoms with Gasteiger partial charge >= 0.3 is 0 Å². The van der Waals surface area contributed by atoms with Gasteiger partial charge in [0.25, 0.3) is 0 Å². The number of amides is 1. The van der Waals surface area contributed by atoms with E-state index in [1.165, 1.54) is 0 Å². The fourth-order valence-corrected chi connectivity index (χ4v) is 2.99. The van der Waals surface area contributed by atoms with Gasteiger partial charge in [0.05, 0.1) is 23.0 Å². The van der Waals surface area contributed by atoms with Gasteiger partial charge in [-0.25, -0.2) is 4.98 Å². The third kappa shape index (κ3) is 3.74. The molecule has 0 radical (unpaired) electrons. The van der Waals surface area contributed by atoms with E-state index in [9.17, 15) is 4.79 Å². The van der Waals surface area contributed by atoms with Gasteiger partial charge < -0.3 is 10.1 Å². The molecule has 136 valence electrons. The van der Waals surface area contributed by atoms with E-state index in [2.05, 4.69) is 10.6 Å². The molecule has 4 rings (SSSR count). The number of ether oxygens (including phenoxy) is 1. The standard InChI is InChI=1S/C21H20N4O2/c1-13-4-2-3-5-16(13)19-11-20(25-21(22)23-12-26)17-9-8-15(10-18(17)24-19)27-14-6-7-14/h2-5,8-12,14H,6-7H2,1H3,(H3,22,23,24,25,26). The van der Waals surface area contributed by atoms with Crippen LogP contribution in [0.1, 0.15) is 18.4 Å². The van der Waals surface area contributed by atoms with E-state index in [-0.39, 0.29) is 5.96 Å². The number of aromatic nitrogens is 1. The van der Waals surface area contributed by atoms with Crippen LogP contribution in [0.4, 0.5) is 5.69 Å². The Kier molecular flexibility index (Phi) is 4.46. The van der Waals surface area contributed by atoms with E-state index in [1.807, 2.05) is 55.5 Å². The van der Waals surface area contributed by atoms with Crippen LogP contribution < -0.4 is 15.4 Å². The lowest BCUT2D eigenvalue weighted by molar-refractivity contribution is -0.108. The van der Waals surface area contributed by atoms with Crippen LogP contribution in [0.3, 0.4) is 0 Å². The second-order valence-corrected chi connectivity index (χ2v) is 6.63. The lowest BCUT2D eigenvalue weighted by Crippen LogP contribution is -2.28. The highest BCUT2D eigenvalue weighted by Gasteiger charge is 2.23. The normalized spacial score (nSPS) is 13.2. The van der Waals surface area contributed by atoms with Crippen molar-refractivity contribution in [2.75, 3.05) is 5.32 Å². The van der Waals surface area contributed by atoms with Gasteiger partial charge in [-0.3, -0.25) is 15.5 Å². The third-order valence-electron chi connectivity index (χ3n) is 4.49. The van der Waals surface area contributed by atoms with Gasteiger partial charge in [-0.1, -0.05) is 24.3 Å². The van der Waals surface area contributed by atoms with Crippen molar-refractivity contribution in [3.63, 3.8) is 0 Å². The minimum absolute atomic E-state index is 0.0912. The molecule has 2 aromatic carbocycles. The molecule has 1 aromatic heterocycles. The van der Waals surface area contributed by atoms with Crippen molar-refractivity contribution in [2.24, 2.45) is 0 Å². The Bertz CT molecular complexity index is 1030. The van der Waals surface area contributed by atoms with E-state index < -0.39 is 0 Å². The number of pyridine rings is 1. The molecule has 6 nitrogen and oxygen atoms in total. The first kappa shape index (κ1) is 17.0. The molecular weight excluding hydrogens is 340 g/mol. The number of carbonyl (C=O) groups excluding carboxylic acids is 1. The minimum Gasteiger partial charge on any atom is -0.490 e. The molecule has 3 N–H and O–H groups in total. The molecular formula is C21H20N4O2. The summed E-state index contributed by atoms with van der Waals surface area (Å²) in [5.41, 5.74) is 4.41. The van der Waals surface area contributed by atoms with Crippen molar-refractivity contribution >= 4 is 29.0 Å². The van der Waals surface area contributed by atoms with E-state index in [0.29, 0.717) is 18.2 Å². The molecule has 0 bridgehead atoms. The van der Waals surface area contributed by atoms with Crippen LogP contribution in [-0.2, 0) is 4.79 Å². The summed E-state index contributed by atoms with van der Waals surface area (Å²) in [7, 11) is 0. The van der Waals surface area contributed by atoms with Crippen molar-refractivity contribution < 1.29 is 9.53 Å². The number of hydrogen-bond acceptors (Lipinski definition) is 4. The number of hydrogen-bond donors (Lipinski definition) is 3. The van der Waals surface area contributed by atoms with Crippen molar-refractivity contribution in [1.29, 1.82) is 5.41 Å². The number of anilines is 1. The van der Waals surface area contributed by atoms with E-state index in [4.69, 9.17) is 15.1 Å². The molecule has 1 saturated carbocycles. The van der Waals surface area contributed by atoms with Crippen molar-refractivity contribution in [3.8, 4) is 17.0 Å². The summed E-state index contributed by atoms with van der Waals surface area (Å²) in [4.78, 5) is 15.5. The summed E-state index contributed by atoms with van der Waals surface area (Å²) < 4.78 is 5.90. The largest absolute Gasteiger partial charge is 0.490 e. The lowest BCUT2D eigenvalue weighted by Gasteiger charge is -2.14. The van der Waals surface area contributed by atoms with Gasteiger partial charge in [0.15, 0.2) is 5.96 Å². The first-order valence-electron chi connectivity index (χ1n) is 8.87. The van der Waals surface area contributed by atoms with Crippen molar-refractivity contribution in [3.05, 3.63) is 54.1 Å². The van der Waals surface area contributed by atoms with Crippen LogP contribution in [0.25, 0.3) is 22.2 Å². The number of guanidine groups is 1. The zero-order valence-corrected chi connectivity index (χ0v) is 15.0. The van der Waals surface area contributed by atoms with Gasteiger partial charge in [0.1, 0.15) is 5.75 Å². The summed E-state index contributed by atoms with van der Waals surface area (Å²) in [6, 6.07) is 15.7. The molecule has 6 heteroatoms. The number of aryl methyl sites for hydroxylation is 1. The summed E-state index contributed by atoms with van der Waals surface area (Å²) in [6.45, 7) is 2.04. The molecule has 1 fully saturated rings. The minimum atomic E-state index is -0.0912. The van der Waals surface area contributed by atoms with Crippen LogP contribution in [0.5, 0.6) is 5.75 Å². The number of benzene rings is 2. The van der Waals surface area contributed by atoms with Crippen LogP contribution in [0.2, 0.25) is 0 Å². The summed E-state index contributed by atoms with van der Waals surface area (Å²) in [6.07, 6.45) is 2.97. The molecule has 0 spiro atoms. The molecule has 1 amide bonds. The van der Waals surface area contributed by atoms with E-state index >= 15 is 0 Å². The molecule has 3 aromatic rings. The van der Waals surface area contributed by atoms with Crippen LogP contribution in [0.15, 0.2) is 48.5 Å². The molecule has 0 aliphatic heterocycles. The maximum Gasteiger partial charge on any atom is 0.213 e. The van der Waals surface area contributed by atoms with Crippen molar-refractivity contribution in [1.82, 2.24) is 10.3 Å². The predicted molar refractivity (Wildman–Crippen MR) is 106 cm³/mol. The summed E-state index contributed by atoms with van der Waals surface area (Å²) in [5, 5.41) is 14.0. The van der Waals surface area contributed by atoms with Crippen molar-refractivity contribution in [2.45, 2.75) is 25.9 Å². The van der Waals surface area contributed by atoms with Gasteiger partial charge in [-0.15, -0.1) is 0 Å². The fourth-order valence-electron chi connectivity index (χ4n) is 2.99. The highest BCUT2D eigenvalue weighted by Crippen LogP contribution is 2.33. The Morgan fingerprint density at radius 1 is 1.22 bits per heavy atom. The Labute approximate surface area is 157 Å². The Morgan fingerprint density at radius 2 is 2.04 bits per heavy atom. The topological polar surface area (TPSA) is 87.1 Å². The summed E-state index contributed by atoms with van der Waals surface area (Å²) in [5.74, 6) is 0.706. The van der Waals surface area contributed by atoms with E-state index in [1.54, 1.807) is 0 Å². The Balaban J connectivity index is 1.83. The smallest absolute Gasteiger partial charge is 0.213 e. The quantitative estimate of drug-likeness (QED) is 0.366. The zero-order chi connectivity index (χ0) is 18.8. The number of nitrogens with one attached hydrogen (secondary N) is 3. The molecule has 0 saturated heterocycles. The molecule has 0 atom stereocenters. The molecule has 1 aliphatic rings. The predicted octanol–water partition coefficient (Wildman–Crippen LogP) is 3.84. The molecule has 0 unspecified atom stereocenters. The van der Waals surface area contributed by atoms with Gasteiger partial charge in [-0.05, 0) is 43.5 Å². The molecule has 1 aliphatic carbocycles. The van der Waals surface area contributed by atoms with Gasteiger partial charge in [0, 0.05) is 17.0 Å². The summed E-state index contributed by atoms with van der Waals surface area (Å²) >= 11 is 0. The van der Waals surface area contributed by atoms with Gasteiger partial charge in [0.2, 0.25) is 6.41 Å². The van der Waals surface area contributed by atoms with Gasteiger partial charge in [-0.2, -0.15) is 0 Å². The maximum atomic E-state index is 10.6. The number of nitrogens with zero attached hydrogens (tertiary/aromatic N) is 1. The second kappa shape index (κ2) is 7.07. The fraction of sp³-hybridized carbons (Fsp3) is 0.190. The first-order chi connectivity index (χ1) is 13.1. The SMILES string of the molecule is Cc1ccccc1-c1cc(NC(=N)NC=O)c2ccc(OC3CC3)cc2n1. The van der Waals surface area contributed by atoms with Crippen LogP contribution in [-0.4, -0.2) is 23.5 Å². The average Bonchev–Trinajstić information content (AvgIpc) is 3.46. The zero-order valence-electron chi connectivity index (χ0n) is 15.0. The number of rotatable bonds is 5. The monoisotopic (exact) mass is 360 g/mol. The van der Waals surface area contributed by atoms with Crippen LogP contribution >= 0.6 is 0 Å². The second-order valence-electron chi connectivity index (χ2n) is 6.63. The first-order valence-corrected chi connectivity index (χ1v) is 8.87. The average molecular weight is 360 g/mol.